The monoisotopic (exact) mass is 297 g/mol. The summed E-state index contributed by atoms with van der Waals surface area (Å²) in [7, 11) is -3.60. The van der Waals surface area contributed by atoms with Gasteiger partial charge in [-0.3, -0.25) is 4.79 Å². The standard InChI is InChI=1S/C14H19NO4S/c1-10-9-15(7-6-14(10)17)20(18,19)13-5-3-4-12(8-13)11(2)16/h3-5,8,10,14,17H,6-7,9H2,1-2H3. The zero-order valence-electron chi connectivity index (χ0n) is 11.6. The van der Waals surface area contributed by atoms with Gasteiger partial charge in [0.15, 0.2) is 5.78 Å². The first-order valence-corrected chi connectivity index (χ1v) is 8.05. The number of carbonyl (C=O) groups is 1. The van der Waals surface area contributed by atoms with Crippen LogP contribution in [0.5, 0.6) is 0 Å². The van der Waals surface area contributed by atoms with Crippen LogP contribution in [0.2, 0.25) is 0 Å². The molecule has 1 aliphatic heterocycles. The van der Waals surface area contributed by atoms with Gasteiger partial charge in [0.05, 0.1) is 11.0 Å². The van der Waals surface area contributed by atoms with Crippen molar-refractivity contribution in [3.05, 3.63) is 29.8 Å². The summed E-state index contributed by atoms with van der Waals surface area (Å²) in [6.07, 6.45) is -0.0164. The van der Waals surface area contributed by atoms with Crippen molar-refractivity contribution < 1.29 is 18.3 Å². The molecular formula is C14H19NO4S. The van der Waals surface area contributed by atoms with E-state index >= 15 is 0 Å². The van der Waals surface area contributed by atoms with Crippen molar-refractivity contribution in [1.82, 2.24) is 4.31 Å². The van der Waals surface area contributed by atoms with Gasteiger partial charge in [-0.2, -0.15) is 4.31 Å². The maximum Gasteiger partial charge on any atom is 0.243 e. The van der Waals surface area contributed by atoms with Gasteiger partial charge in [-0.25, -0.2) is 8.42 Å². The molecule has 6 heteroatoms. The first-order chi connectivity index (χ1) is 9.32. The second kappa shape index (κ2) is 5.63. The molecule has 1 heterocycles. The summed E-state index contributed by atoms with van der Waals surface area (Å²) < 4.78 is 26.5. The van der Waals surface area contributed by atoms with Crippen molar-refractivity contribution in [3.63, 3.8) is 0 Å². The van der Waals surface area contributed by atoms with Crippen LogP contribution >= 0.6 is 0 Å². The number of hydrogen-bond acceptors (Lipinski definition) is 4. The summed E-state index contributed by atoms with van der Waals surface area (Å²) in [5.74, 6) is -0.251. The SMILES string of the molecule is CC(=O)c1cccc(S(=O)(=O)N2CCC(O)C(C)C2)c1. The summed E-state index contributed by atoms with van der Waals surface area (Å²) in [4.78, 5) is 11.5. The Labute approximate surface area is 119 Å². The molecular weight excluding hydrogens is 278 g/mol. The summed E-state index contributed by atoms with van der Waals surface area (Å²) >= 11 is 0. The summed E-state index contributed by atoms with van der Waals surface area (Å²) in [5.41, 5.74) is 0.385. The molecule has 0 aliphatic carbocycles. The van der Waals surface area contributed by atoms with Gasteiger partial charge in [0, 0.05) is 18.7 Å². The van der Waals surface area contributed by atoms with Crippen LogP contribution in [0, 0.1) is 5.92 Å². The number of nitrogens with zero attached hydrogens (tertiary/aromatic N) is 1. The van der Waals surface area contributed by atoms with E-state index in [1.54, 1.807) is 12.1 Å². The van der Waals surface area contributed by atoms with E-state index in [4.69, 9.17) is 0 Å². The predicted octanol–water partition coefficient (Wildman–Crippen LogP) is 1.28. The highest BCUT2D eigenvalue weighted by Crippen LogP contribution is 2.24. The van der Waals surface area contributed by atoms with Crippen LogP contribution in [0.3, 0.4) is 0 Å². The van der Waals surface area contributed by atoms with Gasteiger partial charge in [0.2, 0.25) is 10.0 Å². The Kier molecular flexibility index (Phi) is 4.27. The van der Waals surface area contributed by atoms with Gasteiger partial charge < -0.3 is 5.11 Å². The number of ketones is 1. The van der Waals surface area contributed by atoms with Gasteiger partial charge >= 0.3 is 0 Å². The van der Waals surface area contributed by atoms with E-state index in [2.05, 4.69) is 0 Å². The summed E-state index contributed by atoms with van der Waals surface area (Å²) in [5, 5.41) is 9.68. The van der Waals surface area contributed by atoms with E-state index in [1.165, 1.54) is 23.4 Å². The van der Waals surface area contributed by atoms with Crippen molar-refractivity contribution >= 4 is 15.8 Å². The smallest absolute Gasteiger partial charge is 0.243 e. The van der Waals surface area contributed by atoms with Gasteiger partial charge in [-0.05, 0) is 31.4 Å². The van der Waals surface area contributed by atoms with E-state index in [0.717, 1.165) is 0 Å². The number of carbonyl (C=O) groups excluding carboxylic acids is 1. The van der Waals surface area contributed by atoms with E-state index in [1.807, 2.05) is 6.92 Å². The Balaban J connectivity index is 2.31. The Bertz CT molecular complexity index is 611. The minimum Gasteiger partial charge on any atom is -0.393 e. The highest BCUT2D eigenvalue weighted by atomic mass is 32.2. The lowest BCUT2D eigenvalue weighted by atomic mass is 9.99. The fourth-order valence-corrected chi connectivity index (χ4v) is 3.94. The van der Waals surface area contributed by atoms with E-state index < -0.39 is 16.1 Å². The molecule has 0 spiro atoms. The lowest BCUT2D eigenvalue weighted by molar-refractivity contribution is 0.0628. The molecule has 110 valence electrons. The van der Waals surface area contributed by atoms with Gasteiger partial charge in [0.1, 0.15) is 0 Å². The highest BCUT2D eigenvalue weighted by Gasteiger charge is 2.32. The lowest BCUT2D eigenvalue weighted by Gasteiger charge is -2.33. The van der Waals surface area contributed by atoms with Gasteiger partial charge in [0.25, 0.3) is 0 Å². The fraction of sp³-hybridized carbons (Fsp3) is 0.500. The molecule has 1 aromatic rings. The maximum atomic E-state index is 12.5. The normalized spacial score (nSPS) is 24.6. The third-order valence-electron chi connectivity index (χ3n) is 3.70. The molecule has 0 radical (unpaired) electrons. The van der Waals surface area contributed by atoms with E-state index in [9.17, 15) is 18.3 Å². The number of rotatable bonds is 3. The number of aliphatic hydroxyl groups is 1. The molecule has 5 nitrogen and oxygen atoms in total. The van der Waals surface area contributed by atoms with Crippen molar-refractivity contribution in [3.8, 4) is 0 Å². The minimum absolute atomic E-state index is 0.0884. The molecule has 0 bridgehead atoms. The average molecular weight is 297 g/mol. The molecule has 2 atom stereocenters. The Morgan fingerprint density at radius 3 is 2.70 bits per heavy atom. The first kappa shape index (κ1) is 15.2. The molecule has 1 aromatic carbocycles. The third kappa shape index (κ3) is 2.92. The zero-order chi connectivity index (χ0) is 14.9. The maximum absolute atomic E-state index is 12.5. The van der Waals surface area contributed by atoms with Crippen molar-refractivity contribution in [2.45, 2.75) is 31.3 Å². The molecule has 0 saturated carbocycles. The largest absolute Gasteiger partial charge is 0.393 e. The fourth-order valence-electron chi connectivity index (χ4n) is 2.34. The highest BCUT2D eigenvalue weighted by molar-refractivity contribution is 7.89. The molecule has 2 rings (SSSR count). The Morgan fingerprint density at radius 1 is 1.40 bits per heavy atom. The molecule has 1 fully saturated rings. The van der Waals surface area contributed by atoms with Crippen molar-refractivity contribution in [2.24, 2.45) is 5.92 Å². The Morgan fingerprint density at radius 2 is 2.10 bits per heavy atom. The van der Waals surface area contributed by atoms with E-state index in [0.29, 0.717) is 25.1 Å². The Hall–Kier alpha value is -1.24. The van der Waals surface area contributed by atoms with Gasteiger partial charge in [-0.15, -0.1) is 0 Å². The minimum atomic E-state index is -3.60. The molecule has 0 aromatic heterocycles. The number of Topliss-reactive ketones (excluding diaryl/α,β-unsaturated/α-hetero) is 1. The average Bonchev–Trinajstić information content (AvgIpc) is 2.42. The number of piperidine rings is 1. The number of sulfonamides is 1. The van der Waals surface area contributed by atoms with E-state index in [-0.39, 0.29) is 16.6 Å². The van der Waals surface area contributed by atoms with Crippen LogP contribution in [0.15, 0.2) is 29.2 Å². The molecule has 1 aliphatic rings. The van der Waals surface area contributed by atoms with Crippen molar-refractivity contribution in [2.75, 3.05) is 13.1 Å². The second-order valence-corrected chi connectivity index (χ2v) is 7.22. The van der Waals surface area contributed by atoms with Crippen LogP contribution in [0.1, 0.15) is 30.6 Å². The lowest BCUT2D eigenvalue weighted by Crippen LogP contribution is -2.44. The molecule has 1 N–H and O–H groups in total. The number of aliphatic hydroxyl groups excluding tert-OH is 1. The quantitative estimate of drug-likeness (QED) is 0.853. The third-order valence-corrected chi connectivity index (χ3v) is 5.56. The zero-order valence-corrected chi connectivity index (χ0v) is 12.4. The molecule has 20 heavy (non-hydrogen) atoms. The summed E-state index contributed by atoms with van der Waals surface area (Å²) in [6.45, 7) is 3.84. The first-order valence-electron chi connectivity index (χ1n) is 6.61. The predicted molar refractivity (Wildman–Crippen MR) is 75.0 cm³/mol. The number of hydrogen-bond donors (Lipinski definition) is 1. The van der Waals surface area contributed by atoms with Crippen LogP contribution in [-0.2, 0) is 10.0 Å². The molecule has 2 unspecified atom stereocenters. The second-order valence-electron chi connectivity index (χ2n) is 5.28. The van der Waals surface area contributed by atoms with Crippen LogP contribution in [-0.4, -0.2) is 42.8 Å². The van der Waals surface area contributed by atoms with Crippen molar-refractivity contribution in [1.29, 1.82) is 0 Å². The molecule has 0 amide bonds. The topological polar surface area (TPSA) is 74.7 Å². The number of benzene rings is 1. The molecule has 1 saturated heterocycles. The summed E-state index contributed by atoms with van der Waals surface area (Å²) in [6, 6.07) is 6.08. The van der Waals surface area contributed by atoms with Gasteiger partial charge in [-0.1, -0.05) is 19.1 Å². The van der Waals surface area contributed by atoms with Crippen LogP contribution < -0.4 is 0 Å². The van der Waals surface area contributed by atoms with Crippen LogP contribution in [0.25, 0.3) is 0 Å². The van der Waals surface area contributed by atoms with Crippen LogP contribution in [0.4, 0.5) is 0 Å².